The van der Waals surface area contributed by atoms with Gasteiger partial charge in [0.15, 0.2) is 0 Å². The number of ether oxygens (including phenoxy) is 1. The van der Waals surface area contributed by atoms with Crippen LogP contribution in [-0.4, -0.2) is 46.2 Å². The summed E-state index contributed by atoms with van der Waals surface area (Å²) < 4.78 is 5.80. The summed E-state index contributed by atoms with van der Waals surface area (Å²) >= 11 is 0. The SMILES string of the molecule is CCC(C)N1C[C@@]23C=C[C@@H](O2)C(C(=O)O)[C@H]3C1=O. The maximum atomic E-state index is 12.4. The average Bonchev–Trinajstić information content (AvgIpc) is 2.96. The lowest BCUT2D eigenvalue weighted by atomic mass is 9.77. The molecule has 2 unspecified atom stereocenters. The number of carboxylic acids is 1. The molecule has 0 aromatic heterocycles. The van der Waals surface area contributed by atoms with Gasteiger partial charge in [-0.3, -0.25) is 9.59 Å². The van der Waals surface area contributed by atoms with Crippen LogP contribution in [0.1, 0.15) is 20.3 Å². The molecule has 98 valence electrons. The second-order valence-electron chi connectivity index (χ2n) is 5.46. The highest BCUT2D eigenvalue weighted by Crippen LogP contribution is 2.52. The standard InChI is InChI=1S/C13H17NO4/c1-3-7(2)14-6-13-5-4-8(18-13)9(12(16)17)10(13)11(14)15/h4-5,7-10H,3,6H2,1-2H3,(H,16,17)/t7?,8-,9?,10+,13-/m1/s1. The van der Waals surface area contributed by atoms with E-state index in [0.29, 0.717) is 6.54 Å². The molecule has 2 bridgehead atoms. The van der Waals surface area contributed by atoms with Crippen LogP contribution in [-0.2, 0) is 14.3 Å². The van der Waals surface area contributed by atoms with Crippen molar-refractivity contribution in [1.82, 2.24) is 4.90 Å². The lowest BCUT2D eigenvalue weighted by molar-refractivity contribution is -0.148. The van der Waals surface area contributed by atoms with Gasteiger partial charge in [-0.2, -0.15) is 0 Å². The lowest BCUT2D eigenvalue weighted by Gasteiger charge is -2.26. The van der Waals surface area contributed by atoms with E-state index >= 15 is 0 Å². The molecule has 5 nitrogen and oxygen atoms in total. The van der Waals surface area contributed by atoms with E-state index in [1.165, 1.54) is 0 Å². The highest BCUT2D eigenvalue weighted by Gasteiger charge is 2.67. The highest BCUT2D eigenvalue weighted by atomic mass is 16.5. The van der Waals surface area contributed by atoms with Crippen LogP contribution in [0.3, 0.4) is 0 Å². The van der Waals surface area contributed by atoms with Crippen LogP contribution in [0.15, 0.2) is 12.2 Å². The van der Waals surface area contributed by atoms with Crippen molar-refractivity contribution in [2.45, 2.75) is 38.0 Å². The molecule has 0 saturated carbocycles. The van der Waals surface area contributed by atoms with Crippen molar-refractivity contribution >= 4 is 11.9 Å². The van der Waals surface area contributed by atoms with Crippen LogP contribution in [0.5, 0.6) is 0 Å². The van der Waals surface area contributed by atoms with Crippen molar-refractivity contribution in [3.63, 3.8) is 0 Å². The fourth-order valence-corrected chi connectivity index (χ4v) is 3.40. The van der Waals surface area contributed by atoms with Crippen molar-refractivity contribution in [2.75, 3.05) is 6.54 Å². The van der Waals surface area contributed by atoms with Crippen LogP contribution < -0.4 is 0 Å². The second-order valence-corrected chi connectivity index (χ2v) is 5.46. The quantitative estimate of drug-likeness (QED) is 0.748. The van der Waals surface area contributed by atoms with Gasteiger partial charge in [0.2, 0.25) is 5.91 Å². The van der Waals surface area contributed by atoms with E-state index in [9.17, 15) is 14.7 Å². The van der Waals surface area contributed by atoms with Gasteiger partial charge in [-0.05, 0) is 13.3 Å². The van der Waals surface area contributed by atoms with Crippen LogP contribution in [0.25, 0.3) is 0 Å². The van der Waals surface area contributed by atoms with Crippen LogP contribution >= 0.6 is 0 Å². The lowest BCUT2D eigenvalue weighted by Crippen LogP contribution is -2.40. The Hall–Kier alpha value is -1.36. The molecule has 3 heterocycles. The third-order valence-corrected chi connectivity index (χ3v) is 4.54. The summed E-state index contributed by atoms with van der Waals surface area (Å²) in [4.78, 5) is 25.5. The third-order valence-electron chi connectivity index (χ3n) is 4.54. The van der Waals surface area contributed by atoms with Gasteiger partial charge in [0, 0.05) is 6.04 Å². The number of hydrogen-bond donors (Lipinski definition) is 1. The summed E-state index contributed by atoms with van der Waals surface area (Å²) in [7, 11) is 0. The molecular weight excluding hydrogens is 234 g/mol. The highest BCUT2D eigenvalue weighted by molar-refractivity contribution is 5.90. The topological polar surface area (TPSA) is 66.8 Å². The number of fused-ring (bicyclic) bond motifs is 1. The largest absolute Gasteiger partial charge is 0.481 e. The fourth-order valence-electron chi connectivity index (χ4n) is 3.40. The number of aliphatic carboxylic acids is 1. The van der Waals surface area contributed by atoms with Gasteiger partial charge in [0.05, 0.1) is 18.6 Å². The van der Waals surface area contributed by atoms with Crippen LogP contribution in [0.4, 0.5) is 0 Å². The first-order chi connectivity index (χ1) is 8.50. The molecule has 0 aliphatic carbocycles. The summed E-state index contributed by atoms with van der Waals surface area (Å²) in [5.41, 5.74) is -0.686. The third kappa shape index (κ3) is 1.25. The summed E-state index contributed by atoms with van der Waals surface area (Å²) in [5.74, 6) is -2.27. The number of amides is 1. The van der Waals surface area contributed by atoms with Crippen LogP contribution in [0.2, 0.25) is 0 Å². The molecular formula is C13H17NO4. The molecule has 1 amide bonds. The van der Waals surface area contributed by atoms with E-state index < -0.39 is 29.5 Å². The Kier molecular flexibility index (Phi) is 2.32. The van der Waals surface area contributed by atoms with Gasteiger partial charge in [0.25, 0.3) is 0 Å². The molecule has 1 spiro atoms. The Morgan fingerprint density at radius 3 is 3.06 bits per heavy atom. The Bertz CT molecular complexity index is 446. The van der Waals surface area contributed by atoms with Crippen molar-refractivity contribution in [3.05, 3.63) is 12.2 Å². The number of rotatable bonds is 3. The number of hydrogen-bond acceptors (Lipinski definition) is 3. The number of carbonyl (C=O) groups is 2. The van der Waals surface area contributed by atoms with Gasteiger partial charge in [-0.1, -0.05) is 19.1 Å². The van der Waals surface area contributed by atoms with E-state index in [1.807, 2.05) is 19.9 Å². The fraction of sp³-hybridized carbons (Fsp3) is 0.692. The van der Waals surface area contributed by atoms with Crippen molar-refractivity contribution in [1.29, 1.82) is 0 Å². The zero-order chi connectivity index (χ0) is 13.1. The molecule has 2 fully saturated rings. The van der Waals surface area contributed by atoms with Gasteiger partial charge >= 0.3 is 5.97 Å². The first-order valence-electron chi connectivity index (χ1n) is 6.40. The predicted molar refractivity (Wildman–Crippen MR) is 62.8 cm³/mol. The second kappa shape index (κ2) is 3.57. The van der Waals surface area contributed by atoms with Crippen molar-refractivity contribution < 1.29 is 19.4 Å². The van der Waals surface area contributed by atoms with Crippen LogP contribution in [0, 0.1) is 11.8 Å². The average molecular weight is 251 g/mol. The number of carboxylic acid groups (broad SMARTS) is 1. The minimum atomic E-state index is -0.935. The number of carbonyl (C=O) groups excluding carboxylic acids is 1. The zero-order valence-electron chi connectivity index (χ0n) is 10.5. The molecule has 0 aromatic rings. The Balaban J connectivity index is 1.97. The Morgan fingerprint density at radius 2 is 2.44 bits per heavy atom. The first kappa shape index (κ1) is 11.7. The summed E-state index contributed by atoms with van der Waals surface area (Å²) in [6.07, 6.45) is 4.11. The molecule has 1 N–H and O–H groups in total. The maximum Gasteiger partial charge on any atom is 0.310 e. The first-order valence-corrected chi connectivity index (χ1v) is 6.40. The maximum absolute atomic E-state index is 12.4. The van der Waals surface area contributed by atoms with E-state index in [1.54, 1.807) is 11.0 Å². The molecule has 3 rings (SSSR count). The van der Waals surface area contributed by atoms with Gasteiger partial charge < -0.3 is 14.7 Å². The van der Waals surface area contributed by atoms with Crippen molar-refractivity contribution in [2.24, 2.45) is 11.8 Å². The van der Waals surface area contributed by atoms with E-state index in [-0.39, 0.29) is 11.9 Å². The Labute approximate surface area is 105 Å². The molecule has 0 aromatic carbocycles. The predicted octanol–water partition coefficient (Wildman–Crippen LogP) is 0.651. The summed E-state index contributed by atoms with van der Waals surface area (Å²) in [5, 5.41) is 9.29. The smallest absolute Gasteiger partial charge is 0.310 e. The minimum absolute atomic E-state index is 0.0661. The minimum Gasteiger partial charge on any atom is -0.481 e. The zero-order valence-corrected chi connectivity index (χ0v) is 10.5. The molecule has 0 radical (unpaired) electrons. The van der Waals surface area contributed by atoms with E-state index in [2.05, 4.69) is 0 Å². The Morgan fingerprint density at radius 1 is 1.72 bits per heavy atom. The number of likely N-dealkylation sites (tertiary alicyclic amines) is 1. The van der Waals surface area contributed by atoms with Gasteiger partial charge in [-0.25, -0.2) is 0 Å². The molecule has 5 heteroatoms. The molecule has 5 atom stereocenters. The van der Waals surface area contributed by atoms with Crippen molar-refractivity contribution in [3.8, 4) is 0 Å². The molecule has 3 aliphatic heterocycles. The molecule has 18 heavy (non-hydrogen) atoms. The van der Waals surface area contributed by atoms with E-state index in [0.717, 1.165) is 6.42 Å². The van der Waals surface area contributed by atoms with Gasteiger partial charge in [-0.15, -0.1) is 0 Å². The monoisotopic (exact) mass is 251 g/mol. The van der Waals surface area contributed by atoms with E-state index in [4.69, 9.17) is 4.74 Å². The molecule has 2 saturated heterocycles. The summed E-state index contributed by atoms with van der Waals surface area (Å²) in [6, 6.07) is 0.128. The normalized spacial score (nSPS) is 42.4. The summed E-state index contributed by atoms with van der Waals surface area (Å²) in [6.45, 7) is 4.50. The molecule has 3 aliphatic rings. The van der Waals surface area contributed by atoms with Gasteiger partial charge in [0.1, 0.15) is 11.5 Å². The number of nitrogens with zero attached hydrogens (tertiary/aromatic N) is 1.